The fraction of sp³-hybridized carbons (Fsp3) is 0.0909. The van der Waals surface area contributed by atoms with Gasteiger partial charge in [-0.2, -0.15) is 4.39 Å². The van der Waals surface area contributed by atoms with E-state index in [0.717, 1.165) is 0 Å². The Morgan fingerprint density at radius 3 is 2.81 bits per heavy atom. The molecule has 16 heavy (non-hydrogen) atoms. The Bertz CT molecular complexity index is 516. The molecule has 0 atom stereocenters. The number of halogens is 1. The van der Waals surface area contributed by atoms with Crippen molar-refractivity contribution >= 4 is 5.69 Å². The molecule has 0 aromatic carbocycles. The van der Waals surface area contributed by atoms with Crippen molar-refractivity contribution in [2.24, 2.45) is 0 Å². The monoisotopic (exact) mass is 219 g/mol. The Morgan fingerprint density at radius 2 is 2.12 bits per heavy atom. The summed E-state index contributed by atoms with van der Waals surface area (Å²) in [4.78, 5) is 7.49. The van der Waals surface area contributed by atoms with E-state index in [1.807, 2.05) is 0 Å². The van der Waals surface area contributed by atoms with Gasteiger partial charge in [-0.05, 0) is 12.1 Å². The van der Waals surface area contributed by atoms with Crippen LogP contribution in [0.2, 0.25) is 0 Å². The second-order valence-electron chi connectivity index (χ2n) is 3.16. The van der Waals surface area contributed by atoms with Crippen LogP contribution in [-0.4, -0.2) is 17.1 Å². The van der Waals surface area contributed by atoms with Crippen LogP contribution in [-0.2, 0) is 0 Å². The van der Waals surface area contributed by atoms with Gasteiger partial charge >= 0.3 is 0 Å². The number of pyridine rings is 2. The molecule has 0 aliphatic carbocycles. The summed E-state index contributed by atoms with van der Waals surface area (Å²) >= 11 is 0. The number of ether oxygens (including phenoxy) is 1. The first-order chi connectivity index (χ1) is 7.72. The number of nitrogens with zero attached hydrogens (tertiary/aromatic N) is 2. The third-order valence-electron chi connectivity index (χ3n) is 2.17. The molecule has 0 radical (unpaired) electrons. The average Bonchev–Trinajstić information content (AvgIpc) is 2.31. The van der Waals surface area contributed by atoms with E-state index in [4.69, 9.17) is 10.5 Å². The first-order valence-corrected chi connectivity index (χ1v) is 4.63. The highest BCUT2D eigenvalue weighted by Crippen LogP contribution is 2.29. The van der Waals surface area contributed by atoms with E-state index in [2.05, 4.69) is 9.97 Å². The minimum atomic E-state index is -0.567. The molecule has 0 aliphatic heterocycles. The van der Waals surface area contributed by atoms with Gasteiger partial charge < -0.3 is 10.5 Å². The van der Waals surface area contributed by atoms with E-state index < -0.39 is 5.95 Å². The summed E-state index contributed by atoms with van der Waals surface area (Å²) in [7, 11) is 1.49. The Kier molecular flexibility index (Phi) is 2.68. The maximum absolute atomic E-state index is 13.5. The van der Waals surface area contributed by atoms with Crippen molar-refractivity contribution in [3.8, 4) is 17.0 Å². The zero-order chi connectivity index (χ0) is 11.5. The van der Waals surface area contributed by atoms with Crippen molar-refractivity contribution in [3.63, 3.8) is 0 Å². The molecule has 2 N–H and O–H groups in total. The quantitative estimate of drug-likeness (QED) is 0.783. The topological polar surface area (TPSA) is 61.0 Å². The van der Waals surface area contributed by atoms with Crippen molar-refractivity contribution in [2.45, 2.75) is 0 Å². The lowest BCUT2D eigenvalue weighted by atomic mass is 10.1. The van der Waals surface area contributed by atoms with Gasteiger partial charge in [0.05, 0.1) is 19.0 Å². The van der Waals surface area contributed by atoms with E-state index in [1.54, 1.807) is 18.2 Å². The van der Waals surface area contributed by atoms with Gasteiger partial charge in [0.25, 0.3) is 0 Å². The summed E-state index contributed by atoms with van der Waals surface area (Å²) in [6, 6.07) is 4.83. The molecule has 0 bridgehead atoms. The number of aromatic nitrogens is 2. The van der Waals surface area contributed by atoms with Gasteiger partial charge in [0.15, 0.2) is 0 Å². The maximum Gasteiger partial charge on any atom is 0.220 e. The van der Waals surface area contributed by atoms with E-state index in [0.29, 0.717) is 22.7 Å². The van der Waals surface area contributed by atoms with Crippen LogP contribution in [0.3, 0.4) is 0 Å². The summed E-state index contributed by atoms with van der Waals surface area (Å²) in [5.74, 6) is -0.185. The van der Waals surface area contributed by atoms with Crippen molar-refractivity contribution in [1.82, 2.24) is 9.97 Å². The predicted octanol–water partition coefficient (Wildman–Crippen LogP) is 1.87. The zero-order valence-electron chi connectivity index (χ0n) is 8.64. The highest BCUT2D eigenvalue weighted by Gasteiger charge is 2.10. The molecule has 0 fully saturated rings. The molecule has 0 spiro atoms. The third-order valence-corrected chi connectivity index (χ3v) is 2.17. The van der Waals surface area contributed by atoms with Gasteiger partial charge in [-0.15, -0.1) is 0 Å². The van der Waals surface area contributed by atoms with Gasteiger partial charge in [-0.3, -0.25) is 0 Å². The van der Waals surface area contributed by atoms with Gasteiger partial charge in [-0.1, -0.05) is 0 Å². The Hall–Kier alpha value is -2.17. The summed E-state index contributed by atoms with van der Waals surface area (Å²) in [6.45, 7) is 0. The number of hydrogen-bond acceptors (Lipinski definition) is 4. The van der Waals surface area contributed by atoms with Gasteiger partial charge in [-0.25, -0.2) is 9.97 Å². The van der Waals surface area contributed by atoms with E-state index in [9.17, 15) is 4.39 Å². The molecule has 5 heteroatoms. The van der Waals surface area contributed by atoms with E-state index in [1.165, 1.54) is 19.5 Å². The highest BCUT2D eigenvalue weighted by molar-refractivity contribution is 5.76. The molecule has 4 nitrogen and oxygen atoms in total. The number of nitrogens with two attached hydrogens (primary N) is 1. The molecule has 0 saturated heterocycles. The SMILES string of the molecule is COc1cc(-c2cccnc2F)c(N)cn1. The van der Waals surface area contributed by atoms with Crippen LogP contribution >= 0.6 is 0 Å². The second-order valence-corrected chi connectivity index (χ2v) is 3.16. The summed E-state index contributed by atoms with van der Waals surface area (Å²) in [6.07, 6.45) is 2.81. The molecule has 2 aromatic heterocycles. The number of nitrogen functional groups attached to an aromatic ring is 1. The van der Waals surface area contributed by atoms with Crippen LogP contribution in [0.4, 0.5) is 10.1 Å². The molecule has 0 saturated carbocycles. The van der Waals surface area contributed by atoms with Crippen LogP contribution < -0.4 is 10.5 Å². The van der Waals surface area contributed by atoms with Crippen LogP contribution in [0.15, 0.2) is 30.6 Å². The minimum absolute atomic E-state index is 0.334. The molecule has 2 rings (SSSR count). The largest absolute Gasteiger partial charge is 0.481 e. The molecule has 2 aromatic rings. The van der Waals surface area contributed by atoms with Gasteiger partial charge in [0.2, 0.25) is 11.8 Å². The number of anilines is 1. The smallest absolute Gasteiger partial charge is 0.220 e. The fourth-order valence-electron chi connectivity index (χ4n) is 1.38. The van der Waals surface area contributed by atoms with Gasteiger partial charge in [0, 0.05) is 23.4 Å². The van der Waals surface area contributed by atoms with Crippen molar-refractivity contribution in [1.29, 1.82) is 0 Å². The van der Waals surface area contributed by atoms with E-state index >= 15 is 0 Å². The number of methoxy groups -OCH3 is 1. The Labute approximate surface area is 91.9 Å². The van der Waals surface area contributed by atoms with Crippen LogP contribution in [0.5, 0.6) is 5.88 Å². The summed E-state index contributed by atoms with van der Waals surface area (Å²) in [5, 5.41) is 0. The van der Waals surface area contributed by atoms with Gasteiger partial charge in [0.1, 0.15) is 0 Å². The van der Waals surface area contributed by atoms with E-state index in [-0.39, 0.29) is 0 Å². The van der Waals surface area contributed by atoms with Crippen molar-refractivity contribution in [2.75, 3.05) is 12.8 Å². The molecule has 0 amide bonds. The number of rotatable bonds is 2. The van der Waals surface area contributed by atoms with Crippen LogP contribution in [0.1, 0.15) is 0 Å². The molecule has 0 aliphatic rings. The zero-order valence-corrected chi connectivity index (χ0v) is 8.64. The third kappa shape index (κ3) is 1.79. The van der Waals surface area contributed by atoms with Crippen molar-refractivity contribution < 1.29 is 9.13 Å². The predicted molar refractivity (Wildman–Crippen MR) is 58.4 cm³/mol. The van der Waals surface area contributed by atoms with Crippen molar-refractivity contribution in [3.05, 3.63) is 36.5 Å². The average molecular weight is 219 g/mol. The molecular weight excluding hydrogens is 209 g/mol. The first kappa shape index (κ1) is 10.4. The standard InChI is InChI=1S/C11H10FN3O/c1-16-10-5-8(9(13)6-15-10)7-3-2-4-14-11(7)12/h2-6H,13H2,1H3. The number of hydrogen-bond donors (Lipinski definition) is 1. The molecule has 2 heterocycles. The van der Waals surface area contributed by atoms with Crippen LogP contribution in [0.25, 0.3) is 11.1 Å². The minimum Gasteiger partial charge on any atom is -0.481 e. The first-order valence-electron chi connectivity index (χ1n) is 4.63. The lowest BCUT2D eigenvalue weighted by Crippen LogP contribution is -1.97. The maximum atomic E-state index is 13.5. The Balaban J connectivity index is 2.59. The second kappa shape index (κ2) is 4.14. The molecular formula is C11H10FN3O. The lowest BCUT2D eigenvalue weighted by molar-refractivity contribution is 0.398. The molecule has 82 valence electrons. The highest BCUT2D eigenvalue weighted by atomic mass is 19.1. The molecule has 0 unspecified atom stereocenters. The summed E-state index contributed by atoms with van der Waals surface area (Å²) in [5.41, 5.74) is 6.97. The lowest BCUT2D eigenvalue weighted by Gasteiger charge is -2.07. The normalized spacial score (nSPS) is 10.1. The summed E-state index contributed by atoms with van der Waals surface area (Å²) < 4.78 is 18.4. The van der Waals surface area contributed by atoms with Crippen LogP contribution in [0, 0.1) is 5.95 Å². The fourth-order valence-corrected chi connectivity index (χ4v) is 1.38. The Morgan fingerprint density at radius 1 is 1.31 bits per heavy atom.